The van der Waals surface area contributed by atoms with Gasteiger partial charge in [0.1, 0.15) is 72.1 Å². The van der Waals surface area contributed by atoms with Crippen LogP contribution in [0.5, 0.6) is 0 Å². The molecule has 14 atom stereocenters. The molecule has 1 aliphatic heterocycles. The average Bonchev–Trinajstić information content (AvgIpc) is 0.807. The lowest BCUT2D eigenvalue weighted by Crippen LogP contribution is -2.63. The maximum Gasteiger partial charge on any atom is 0.408 e. The molecule has 0 radical (unpaired) electrons. The molecular weight excluding hydrogens is 1330 g/mol. The van der Waals surface area contributed by atoms with Crippen LogP contribution in [0.3, 0.4) is 0 Å². The minimum atomic E-state index is -1.67. The topological polar surface area (TPSA) is 353 Å². The van der Waals surface area contributed by atoms with Gasteiger partial charge in [0.15, 0.2) is 0 Å². The second-order valence-electron chi connectivity index (χ2n) is 31.2. The summed E-state index contributed by atoms with van der Waals surface area (Å²) in [6, 6.07) is -14.4. The molecule has 1 saturated heterocycles. The highest BCUT2D eigenvalue weighted by atomic mass is 16.6. The first kappa shape index (κ1) is 93.6. The first-order valence-electron chi connectivity index (χ1n) is 36.7. The summed E-state index contributed by atoms with van der Waals surface area (Å²) in [6.07, 6.45) is 1.16. The van der Waals surface area contributed by atoms with Gasteiger partial charge >= 0.3 is 12.1 Å². The van der Waals surface area contributed by atoms with Crippen molar-refractivity contribution in [3.8, 4) is 0 Å². The van der Waals surface area contributed by atoms with Gasteiger partial charge in [0.2, 0.25) is 65.0 Å². The molecule has 12 amide bonds. The molecule has 1 rings (SSSR count). The van der Waals surface area contributed by atoms with E-state index in [1.54, 1.807) is 95.2 Å². The minimum Gasteiger partial charge on any atom is -0.464 e. The van der Waals surface area contributed by atoms with E-state index in [0.717, 1.165) is 14.7 Å². The molecule has 29 nitrogen and oxygen atoms in total. The molecule has 1 heterocycles. The second-order valence-corrected chi connectivity index (χ2v) is 31.2. The van der Waals surface area contributed by atoms with E-state index in [-0.39, 0.29) is 81.8 Å². The normalized spacial score (nSPS) is 24.9. The van der Waals surface area contributed by atoms with Crippen molar-refractivity contribution in [1.29, 1.82) is 0 Å². The van der Waals surface area contributed by atoms with Crippen LogP contribution in [-0.4, -0.2) is 270 Å². The van der Waals surface area contributed by atoms with Crippen LogP contribution in [0.15, 0.2) is 12.2 Å². The monoisotopic (exact) mass is 1460 g/mol. The fourth-order valence-electron chi connectivity index (χ4n) is 12.2. The molecule has 0 unspecified atom stereocenters. The van der Waals surface area contributed by atoms with E-state index < -0.39 is 186 Å². The van der Waals surface area contributed by atoms with E-state index in [2.05, 4.69) is 26.6 Å². The van der Waals surface area contributed by atoms with E-state index >= 15 is 24.0 Å². The number of ether oxygens (including phenoxy) is 3. The molecule has 0 bridgehead atoms. The van der Waals surface area contributed by atoms with Crippen LogP contribution in [0.25, 0.3) is 0 Å². The summed E-state index contributed by atoms with van der Waals surface area (Å²) in [5, 5.41) is 25.7. The van der Waals surface area contributed by atoms with Gasteiger partial charge in [-0.05, 0) is 135 Å². The smallest absolute Gasteiger partial charge is 0.408 e. The zero-order valence-electron chi connectivity index (χ0n) is 67.4. The molecular formula is C74H132N12O17. The van der Waals surface area contributed by atoms with Gasteiger partial charge in [-0.3, -0.25) is 52.7 Å². The van der Waals surface area contributed by atoms with Crippen molar-refractivity contribution in [1.82, 2.24) is 60.9 Å². The van der Waals surface area contributed by atoms with Crippen LogP contribution < -0.4 is 26.6 Å². The number of nitrogens with one attached hydrogen (secondary N) is 5. The van der Waals surface area contributed by atoms with Crippen LogP contribution in [0.2, 0.25) is 0 Å². The fraction of sp³-hybridized carbons (Fsp3) is 0.797. The number of hydrogen-bond donors (Lipinski definition) is 6. The molecule has 103 heavy (non-hydrogen) atoms. The van der Waals surface area contributed by atoms with Crippen molar-refractivity contribution < 1.29 is 81.6 Å². The summed E-state index contributed by atoms with van der Waals surface area (Å²) >= 11 is 0. The molecule has 0 aromatic carbocycles. The Morgan fingerprint density at radius 1 is 0.553 bits per heavy atom. The van der Waals surface area contributed by atoms with Crippen LogP contribution in [0, 0.1) is 41.4 Å². The number of alkyl carbamates (subject to hydrolysis) is 1. The Balaban J connectivity index is 4.30. The van der Waals surface area contributed by atoms with Crippen molar-refractivity contribution in [3.63, 3.8) is 0 Å². The lowest BCUT2D eigenvalue weighted by molar-refractivity contribution is -0.157. The van der Waals surface area contributed by atoms with Crippen LogP contribution >= 0.6 is 0 Å². The van der Waals surface area contributed by atoms with Crippen LogP contribution in [-0.2, 0) is 71.7 Å². The number of amides is 12. The third-order valence-corrected chi connectivity index (χ3v) is 18.5. The van der Waals surface area contributed by atoms with Gasteiger partial charge in [-0.2, -0.15) is 0 Å². The number of esters is 1. The van der Waals surface area contributed by atoms with E-state index in [1.807, 2.05) is 41.5 Å². The molecule has 0 aliphatic carbocycles. The number of aliphatic hydroxyl groups excluding tert-OH is 1. The Morgan fingerprint density at radius 3 is 1.51 bits per heavy atom. The van der Waals surface area contributed by atoms with Gasteiger partial charge in [-0.25, -0.2) is 9.59 Å². The van der Waals surface area contributed by atoms with Crippen LogP contribution in [0.1, 0.15) is 190 Å². The summed E-state index contributed by atoms with van der Waals surface area (Å²) in [5.41, 5.74) is -0.813. The standard InChI is InChI=1S/C74H132N12O17/c1-29-31-34-47(15)61(88)60-65(92)77-51(30-2)67(94)80(22)40-55(87)84(26)59(50(18)101-35-32-33-36-102-72(99)57(45(11)12)79-73(100)103-74(19,20)21)64(91)78-56(44(9)10)70(97)81(23)52(37-41(3)4)63(90)75-48(16)62(89)76-49(17)66(93)82(24)53(38-42(5)6)68(95)83(25)54(39-43(7)8)69(96)85(27)58(46(13)14)71(98)86(60)28/h29,31,41-54,56-61,88H,30,32-40H2,1-28H3,(H,75,90)(H,76,89)(H,77,92)(H,78,91)(H,79,100)/t47-,48+,49-,50-,51+,52+,53+,54-,56+,57-,58+,59+,60+,61-/m1/s1. The van der Waals surface area contributed by atoms with Gasteiger partial charge in [-0.15, -0.1) is 0 Å². The largest absolute Gasteiger partial charge is 0.464 e. The number of hydrogen-bond acceptors (Lipinski definition) is 17. The first-order chi connectivity index (χ1) is 47.5. The van der Waals surface area contributed by atoms with Crippen molar-refractivity contribution in [2.75, 3.05) is 69.1 Å². The minimum absolute atomic E-state index is 0.0395. The molecule has 0 saturated carbocycles. The third-order valence-electron chi connectivity index (χ3n) is 18.5. The number of allylic oxidation sites excluding steroid dienone is 2. The number of carbonyl (C=O) groups is 13. The number of nitrogens with zero attached hydrogens (tertiary/aromatic N) is 7. The molecule has 1 aliphatic rings. The highest BCUT2D eigenvalue weighted by molar-refractivity contribution is 6.00. The predicted octanol–water partition coefficient (Wildman–Crippen LogP) is 4.50. The van der Waals surface area contributed by atoms with Gasteiger partial charge in [0, 0.05) is 55.9 Å². The summed E-state index contributed by atoms with van der Waals surface area (Å²) < 4.78 is 17.1. The Bertz CT molecular complexity index is 2880. The molecule has 0 spiro atoms. The first-order valence-corrected chi connectivity index (χ1v) is 36.7. The van der Waals surface area contributed by atoms with Gasteiger partial charge < -0.3 is 80.2 Å². The summed E-state index contributed by atoms with van der Waals surface area (Å²) in [7, 11) is 9.64. The number of likely N-dealkylation sites (N-methyl/N-ethyl adjacent to an activating group) is 7. The zero-order valence-corrected chi connectivity index (χ0v) is 67.4. The van der Waals surface area contributed by atoms with Gasteiger partial charge in [0.05, 0.1) is 25.4 Å². The van der Waals surface area contributed by atoms with Crippen molar-refractivity contribution in [2.24, 2.45) is 41.4 Å². The molecule has 1 fully saturated rings. The lowest BCUT2D eigenvalue weighted by atomic mass is 9.91. The third kappa shape index (κ3) is 28.5. The van der Waals surface area contributed by atoms with E-state index in [0.29, 0.717) is 0 Å². The van der Waals surface area contributed by atoms with Crippen molar-refractivity contribution >= 4 is 77.0 Å². The molecule has 6 N–H and O–H groups in total. The number of carbonyl (C=O) groups excluding carboxylic acids is 13. The SMILES string of the molecule is CC=CC[C@@H](C)[C@@H](O)[C@H]1C(=O)N[C@@H](CC)C(=O)N(C)CC(=O)N(C)[C@@H]([C@@H](C)OCCCCOC(=O)[C@H](NC(=O)OC(C)(C)C)C(C)C)C(=O)N[C@@H](C(C)C)C(=O)N(C)[C@@H](CC(C)C)C(=O)N[C@@H](C)C(=O)N[C@H](C)C(=O)N(C)[C@@H](CC(C)C)C(=O)N(C)[C@H](CC(C)C)C(=O)N(C)[C@@H](C(C)C)C(=O)N1C. The predicted molar refractivity (Wildman–Crippen MR) is 393 cm³/mol. The number of rotatable bonds is 23. The summed E-state index contributed by atoms with van der Waals surface area (Å²) in [6.45, 7) is 35.0. The average molecular weight is 1460 g/mol. The van der Waals surface area contributed by atoms with Gasteiger partial charge in [-0.1, -0.05) is 109 Å². The number of aliphatic hydroxyl groups is 1. The van der Waals surface area contributed by atoms with E-state index in [4.69, 9.17) is 14.2 Å². The maximum absolute atomic E-state index is 15.3. The zero-order chi connectivity index (χ0) is 79.7. The highest BCUT2D eigenvalue weighted by Crippen LogP contribution is 2.26. The van der Waals surface area contributed by atoms with E-state index in [1.165, 1.54) is 89.7 Å². The van der Waals surface area contributed by atoms with Crippen LogP contribution in [0.4, 0.5) is 4.79 Å². The molecule has 29 heteroatoms. The summed E-state index contributed by atoms with van der Waals surface area (Å²) in [4.78, 5) is 197. The van der Waals surface area contributed by atoms with Crippen molar-refractivity contribution in [2.45, 2.75) is 275 Å². The van der Waals surface area contributed by atoms with Crippen molar-refractivity contribution in [3.05, 3.63) is 12.2 Å². The Morgan fingerprint density at radius 2 is 1.03 bits per heavy atom. The highest BCUT2D eigenvalue weighted by Gasteiger charge is 2.46. The molecule has 0 aromatic rings. The summed E-state index contributed by atoms with van der Waals surface area (Å²) in [5.74, 6) is -11.8. The Kier molecular flexibility index (Phi) is 39.2. The second kappa shape index (κ2) is 43.1. The molecule has 590 valence electrons. The van der Waals surface area contributed by atoms with Gasteiger partial charge in [0.25, 0.3) is 0 Å². The molecule has 0 aromatic heterocycles. The Hall–Kier alpha value is -7.43. The van der Waals surface area contributed by atoms with E-state index in [9.17, 15) is 43.5 Å². The fourth-order valence-corrected chi connectivity index (χ4v) is 12.2. The maximum atomic E-state index is 15.3. The quantitative estimate of drug-likeness (QED) is 0.0466. The lowest BCUT2D eigenvalue weighted by Gasteiger charge is -2.41. The Labute approximate surface area is 614 Å². The number of unbranched alkanes of at least 4 members (excludes halogenated alkanes) is 1.